The first-order valence-electron chi connectivity index (χ1n) is 3.72. The van der Waals surface area contributed by atoms with Gasteiger partial charge in [0.05, 0.1) is 6.61 Å². The van der Waals surface area contributed by atoms with Crippen LogP contribution in [0.4, 0.5) is 0 Å². The average Bonchev–Trinajstić information content (AvgIpc) is 2.03. The molecule has 0 aliphatic carbocycles. The van der Waals surface area contributed by atoms with E-state index in [0.717, 1.165) is 0 Å². The van der Waals surface area contributed by atoms with E-state index in [2.05, 4.69) is 0 Å². The summed E-state index contributed by atoms with van der Waals surface area (Å²) in [6.45, 7) is 0.727. The summed E-state index contributed by atoms with van der Waals surface area (Å²) in [6, 6.07) is 0. The number of rotatable bonds is 2. The third kappa shape index (κ3) is 4.24. The first kappa shape index (κ1) is 13.8. The molecule has 1 N–H and O–H groups in total. The van der Waals surface area contributed by atoms with Crippen LogP contribution in [-0.2, 0) is 14.9 Å². The van der Waals surface area contributed by atoms with Crippen LogP contribution in [0.1, 0.15) is 12.8 Å². The van der Waals surface area contributed by atoms with Crippen molar-refractivity contribution >= 4 is 10.1 Å². The molecule has 0 aromatic carbocycles. The molecule has 1 aliphatic rings. The van der Waals surface area contributed by atoms with E-state index in [9.17, 15) is 13.0 Å². The monoisotopic (exact) mass is 218 g/mol. The van der Waals surface area contributed by atoms with Crippen LogP contribution in [0, 0.1) is 5.92 Å². The maximum Gasteiger partial charge on any atom is 1.00 e. The molecule has 0 radical (unpaired) electrons. The summed E-state index contributed by atoms with van der Waals surface area (Å²) < 4.78 is 36.0. The summed E-state index contributed by atoms with van der Waals surface area (Å²) in [6.07, 6.45) is 1.22. The standard InChI is InChI=1S/C6H12O5S.Na/c7-6(12(8,9)10)5-2-1-3-11-4-5;/h5-7H,1-4H2,(H,8,9,10);/q;+1/p-1. The fraction of sp³-hybridized carbons (Fsp3) is 1.00. The minimum atomic E-state index is -4.58. The first-order chi connectivity index (χ1) is 5.52. The van der Waals surface area contributed by atoms with Crippen molar-refractivity contribution in [2.24, 2.45) is 5.92 Å². The SMILES string of the molecule is O=S(=O)([O-])C(O)C1CCCOC1.[Na+]. The van der Waals surface area contributed by atoms with E-state index in [0.29, 0.717) is 19.4 Å². The van der Waals surface area contributed by atoms with Gasteiger partial charge < -0.3 is 14.4 Å². The Morgan fingerprint density at radius 1 is 1.54 bits per heavy atom. The minimum Gasteiger partial charge on any atom is -0.746 e. The van der Waals surface area contributed by atoms with E-state index < -0.39 is 21.5 Å². The molecule has 1 rings (SSSR count). The van der Waals surface area contributed by atoms with Crippen molar-refractivity contribution in [3.63, 3.8) is 0 Å². The van der Waals surface area contributed by atoms with Crippen LogP contribution in [-0.4, -0.2) is 36.7 Å². The van der Waals surface area contributed by atoms with Crippen LogP contribution < -0.4 is 29.6 Å². The van der Waals surface area contributed by atoms with Gasteiger partial charge in [-0.1, -0.05) is 0 Å². The van der Waals surface area contributed by atoms with Crippen molar-refractivity contribution in [3.8, 4) is 0 Å². The van der Waals surface area contributed by atoms with E-state index in [1.165, 1.54) is 0 Å². The maximum atomic E-state index is 10.4. The van der Waals surface area contributed by atoms with Gasteiger partial charge in [0.2, 0.25) is 0 Å². The third-order valence-corrected chi connectivity index (χ3v) is 2.87. The second-order valence-corrected chi connectivity index (χ2v) is 4.33. The maximum absolute atomic E-state index is 10.4. The Morgan fingerprint density at radius 3 is 2.54 bits per heavy atom. The second kappa shape index (κ2) is 5.65. The van der Waals surface area contributed by atoms with Crippen LogP contribution in [0.5, 0.6) is 0 Å². The van der Waals surface area contributed by atoms with Gasteiger partial charge in [-0.05, 0) is 12.8 Å². The van der Waals surface area contributed by atoms with Gasteiger partial charge in [0.1, 0.15) is 15.6 Å². The number of hydrogen-bond donors (Lipinski definition) is 1. The number of hydrogen-bond acceptors (Lipinski definition) is 5. The zero-order chi connectivity index (χ0) is 9.19. The minimum absolute atomic E-state index is 0. The van der Waals surface area contributed by atoms with Crippen LogP contribution >= 0.6 is 0 Å². The van der Waals surface area contributed by atoms with E-state index in [-0.39, 0.29) is 36.2 Å². The van der Waals surface area contributed by atoms with E-state index in [4.69, 9.17) is 9.84 Å². The number of ether oxygens (including phenoxy) is 1. The van der Waals surface area contributed by atoms with Gasteiger partial charge in [0, 0.05) is 12.5 Å². The molecule has 1 fully saturated rings. The zero-order valence-electron chi connectivity index (χ0n) is 7.47. The van der Waals surface area contributed by atoms with Crippen molar-refractivity contribution in [1.82, 2.24) is 0 Å². The predicted molar refractivity (Wildman–Crippen MR) is 39.2 cm³/mol. The average molecular weight is 218 g/mol. The molecule has 2 atom stereocenters. The Labute approximate surface area is 99.5 Å². The zero-order valence-corrected chi connectivity index (χ0v) is 10.3. The summed E-state index contributed by atoms with van der Waals surface area (Å²) >= 11 is 0. The molecule has 0 bridgehead atoms. The molecule has 0 amide bonds. The third-order valence-electron chi connectivity index (χ3n) is 1.89. The van der Waals surface area contributed by atoms with Gasteiger partial charge in [-0.25, -0.2) is 8.42 Å². The summed E-state index contributed by atoms with van der Waals surface area (Å²) in [5, 5.41) is 9.03. The normalized spacial score (nSPS) is 26.2. The van der Waals surface area contributed by atoms with Gasteiger partial charge in [0.25, 0.3) is 0 Å². The first-order valence-corrected chi connectivity index (χ1v) is 5.19. The fourth-order valence-corrected chi connectivity index (χ4v) is 1.91. The predicted octanol–water partition coefficient (Wildman–Crippen LogP) is -3.72. The summed E-state index contributed by atoms with van der Waals surface area (Å²) in [5.41, 5.74) is -1.81. The van der Waals surface area contributed by atoms with Crippen LogP contribution in [0.15, 0.2) is 0 Å². The molecule has 0 aromatic heterocycles. The number of aliphatic hydroxyl groups excluding tert-OH is 1. The van der Waals surface area contributed by atoms with Gasteiger partial charge >= 0.3 is 29.6 Å². The fourth-order valence-electron chi connectivity index (χ4n) is 1.23. The Morgan fingerprint density at radius 2 is 2.15 bits per heavy atom. The van der Waals surface area contributed by atoms with Crippen LogP contribution in [0.25, 0.3) is 0 Å². The Balaban J connectivity index is 0.00000144. The molecule has 1 saturated heterocycles. The number of aliphatic hydroxyl groups is 1. The molecule has 0 aromatic rings. The molecular formula is C6H11NaO5S. The summed E-state index contributed by atoms with van der Waals surface area (Å²) in [4.78, 5) is 0. The van der Waals surface area contributed by atoms with Crippen molar-refractivity contribution in [3.05, 3.63) is 0 Å². The largest absolute Gasteiger partial charge is 1.00 e. The topological polar surface area (TPSA) is 86.7 Å². The van der Waals surface area contributed by atoms with Crippen molar-refractivity contribution < 1.29 is 52.4 Å². The van der Waals surface area contributed by atoms with Crippen molar-refractivity contribution in [2.75, 3.05) is 13.2 Å². The van der Waals surface area contributed by atoms with Gasteiger partial charge in [-0.2, -0.15) is 0 Å². The molecular weight excluding hydrogens is 207 g/mol. The molecule has 0 saturated carbocycles. The molecule has 1 aliphatic heterocycles. The Bertz CT molecular complexity index is 233. The molecule has 7 heteroatoms. The van der Waals surface area contributed by atoms with E-state index >= 15 is 0 Å². The van der Waals surface area contributed by atoms with E-state index in [1.807, 2.05) is 0 Å². The molecule has 72 valence electrons. The summed E-state index contributed by atoms with van der Waals surface area (Å²) in [7, 11) is -4.58. The summed E-state index contributed by atoms with van der Waals surface area (Å²) in [5.74, 6) is -0.554. The van der Waals surface area contributed by atoms with Crippen LogP contribution in [0.2, 0.25) is 0 Å². The molecule has 13 heavy (non-hydrogen) atoms. The smallest absolute Gasteiger partial charge is 0.746 e. The van der Waals surface area contributed by atoms with Gasteiger partial charge in [-0.3, -0.25) is 0 Å². The molecule has 5 nitrogen and oxygen atoms in total. The Hall–Kier alpha value is 0.830. The van der Waals surface area contributed by atoms with E-state index in [1.54, 1.807) is 0 Å². The molecule has 0 spiro atoms. The van der Waals surface area contributed by atoms with Crippen molar-refractivity contribution in [2.45, 2.75) is 18.3 Å². The van der Waals surface area contributed by atoms with Crippen LogP contribution in [0.3, 0.4) is 0 Å². The van der Waals surface area contributed by atoms with Gasteiger partial charge in [-0.15, -0.1) is 0 Å². The van der Waals surface area contributed by atoms with Gasteiger partial charge in [0.15, 0.2) is 0 Å². The quantitative estimate of drug-likeness (QED) is 0.380. The molecule has 1 heterocycles. The Kier molecular flexibility index (Phi) is 6.01. The van der Waals surface area contributed by atoms with Crippen molar-refractivity contribution in [1.29, 1.82) is 0 Å². The second-order valence-electron chi connectivity index (χ2n) is 2.86. The molecule has 2 unspecified atom stereocenters.